The number of hydrogen-bond acceptors (Lipinski definition) is 18. The SMILES string of the molecule is NCCC(O)CNC[C@H]1O[C@H](OC2[C@@H](N)C[C@@H](NC(=O)[C@@H](O)CN)[C@H](O[C@H]3O[C@H](CO)[C@@H](O)[C@H](N)[C@H]3O)[C@H]2O)[C@H](N)C[C@@H]1O. The van der Waals surface area contributed by atoms with E-state index in [0.29, 0.717) is 13.0 Å². The van der Waals surface area contributed by atoms with Crippen LogP contribution >= 0.6 is 0 Å². The molecule has 16 atom stereocenters. The Labute approximate surface area is 254 Å². The lowest BCUT2D eigenvalue weighted by Crippen LogP contribution is -2.69. The van der Waals surface area contributed by atoms with Gasteiger partial charge in [0.25, 0.3) is 0 Å². The summed E-state index contributed by atoms with van der Waals surface area (Å²) in [6.45, 7) is -0.368. The van der Waals surface area contributed by atoms with Gasteiger partial charge in [-0.15, -0.1) is 0 Å². The first-order valence-electron chi connectivity index (χ1n) is 14.8. The average Bonchev–Trinajstić information content (AvgIpc) is 2.98. The third-order valence-corrected chi connectivity index (χ3v) is 8.22. The molecule has 19 N–H and O–H groups in total. The highest BCUT2D eigenvalue weighted by Gasteiger charge is 2.51. The fourth-order valence-corrected chi connectivity index (χ4v) is 5.57. The molecule has 0 spiro atoms. The van der Waals surface area contributed by atoms with Crippen molar-refractivity contribution in [3.05, 3.63) is 0 Å². The number of nitrogens with two attached hydrogens (primary N) is 5. The molecule has 0 aromatic rings. The van der Waals surface area contributed by atoms with Crippen molar-refractivity contribution in [2.45, 2.75) is 117 Å². The van der Waals surface area contributed by atoms with Gasteiger partial charge in [0.2, 0.25) is 5.91 Å². The summed E-state index contributed by atoms with van der Waals surface area (Å²) in [6.07, 6.45) is -14.7. The molecule has 2 aliphatic heterocycles. The lowest BCUT2D eigenvalue weighted by atomic mass is 9.83. The Morgan fingerprint density at radius 2 is 1.55 bits per heavy atom. The van der Waals surface area contributed by atoms with Gasteiger partial charge in [-0.05, 0) is 25.8 Å². The van der Waals surface area contributed by atoms with Crippen molar-refractivity contribution in [2.75, 3.05) is 32.8 Å². The molecule has 258 valence electrons. The Morgan fingerprint density at radius 3 is 2.18 bits per heavy atom. The Hall–Kier alpha value is -1.21. The van der Waals surface area contributed by atoms with E-state index in [1.165, 1.54) is 0 Å². The van der Waals surface area contributed by atoms with E-state index in [2.05, 4.69) is 10.6 Å². The zero-order chi connectivity index (χ0) is 32.7. The van der Waals surface area contributed by atoms with Crippen molar-refractivity contribution in [1.82, 2.24) is 10.6 Å². The number of aliphatic hydroxyl groups is 7. The van der Waals surface area contributed by atoms with E-state index < -0.39 is 110 Å². The highest BCUT2D eigenvalue weighted by molar-refractivity contribution is 5.81. The molecule has 2 heterocycles. The van der Waals surface area contributed by atoms with E-state index in [-0.39, 0.29) is 32.5 Å². The van der Waals surface area contributed by atoms with E-state index in [9.17, 15) is 40.5 Å². The summed E-state index contributed by atoms with van der Waals surface area (Å²) < 4.78 is 23.4. The van der Waals surface area contributed by atoms with Gasteiger partial charge >= 0.3 is 0 Å². The van der Waals surface area contributed by atoms with Crippen LogP contribution in [0.1, 0.15) is 19.3 Å². The second-order valence-corrected chi connectivity index (χ2v) is 11.6. The maximum atomic E-state index is 12.5. The molecule has 0 radical (unpaired) electrons. The van der Waals surface area contributed by atoms with Crippen LogP contribution < -0.4 is 39.3 Å². The summed E-state index contributed by atoms with van der Waals surface area (Å²) in [6, 6.07) is -4.11. The highest BCUT2D eigenvalue weighted by atomic mass is 16.7. The molecule has 1 aliphatic carbocycles. The minimum atomic E-state index is -1.61. The monoisotopic (exact) mass is 641 g/mol. The van der Waals surface area contributed by atoms with Gasteiger partial charge in [-0.1, -0.05) is 0 Å². The molecule has 19 heteroatoms. The molecule has 19 nitrogen and oxygen atoms in total. The third kappa shape index (κ3) is 9.20. The fourth-order valence-electron chi connectivity index (χ4n) is 5.57. The van der Waals surface area contributed by atoms with Crippen molar-refractivity contribution in [1.29, 1.82) is 0 Å². The molecule has 0 bridgehead atoms. The maximum absolute atomic E-state index is 12.5. The molecular formula is C25H51N7O12. The maximum Gasteiger partial charge on any atom is 0.250 e. The molecule has 2 saturated heterocycles. The first kappa shape index (κ1) is 37.2. The van der Waals surface area contributed by atoms with Crippen molar-refractivity contribution in [3.8, 4) is 0 Å². The van der Waals surface area contributed by atoms with Crippen molar-refractivity contribution >= 4 is 5.91 Å². The standard InChI is InChI=1S/C25H51N7O12/c26-2-1-9(34)6-31-7-15-13(35)4-11(29)24(41-15)43-21-10(28)3-12(32-23(40)14(36)5-27)22(20(21)39)44-25-19(38)17(30)18(37)16(8-33)42-25/h9-22,24-25,31,33-39H,1-8,26-30H2,(H,32,40)/t9?,10-,11+,12+,13-,14-,15+,16+,17-,18+,19+,20-,21?,22-,24+,25+/m0/s1. The van der Waals surface area contributed by atoms with Crippen LogP contribution in [-0.2, 0) is 23.7 Å². The predicted octanol–water partition coefficient (Wildman–Crippen LogP) is -8.48. The molecule has 1 saturated carbocycles. The van der Waals surface area contributed by atoms with Crippen LogP contribution in [0.2, 0.25) is 0 Å². The number of aliphatic hydroxyl groups excluding tert-OH is 7. The molecule has 1 amide bonds. The molecular weight excluding hydrogens is 590 g/mol. The number of rotatable bonds is 14. The Balaban J connectivity index is 1.76. The topological polar surface area (TPSA) is 350 Å². The van der Waals surface area contributed by atoms with E-state index in [1.807, 2.05) is 0 Å². The van der Waals surface area contributed by atoms with E-state index in [1.54, 1.807) is 0 Å². The van der Waals surface area contributed by atoms with Gasteiger partial charge in [-0.3, -0.25) is 4.79 Å². The van der Waals surface area contributed by atoms with Crippen LogP contribution in [-0.4, -0.2) is 172 Å². The number of hydrogen-bond donors (Lipinski definition) is 14. The third-order valence-electron chi connectivity index (χ3n) is 8.22. The van der Waals surface area contributed by atoms with E-state index in [0.717, 1.165) is 0 Å². The van der Waals surface area contributed by atoms with Crippen molar-refractivity contribution in [2.24, 2.45) is 28.7 Å². The normalized spacial score (nSPS) is 42.9. The Bertz CT molecular complexity index is 883. The van der Waals surface area contributed by atoms with Crippen LogP contribution in [0.4, 0.5) is 0 Å². The predicted molar refractivity (Wildman–Crippen MR) is 151 cm³/mol. The van der Waals surface area contributed by atoms with E-state index >= 15 is 0 Å². The van der Waals surface area contributed by atoms with Crippen LogP contribution in [0.25, 0.3) is 0 Å². The molecule has 3 rings (SSSR count). The fraction of sp³-hybridized carbons (Fsp3) is 0.960. The average molecular weight is 642 g/mol. The highest BCUT2D eigenvalue weighted by Crippen LogP contribution is 2.31. The van der Waals surface area contributed by atoms with Gasteiger partial charge in [-0.2, -0.15) is 0 Å². The number of carbonyl (C=O) groups excluding carboxylic acids is 1. The van der Waals surface area contributed by atoms with Crippen LogP contribution in [0.5, 0.6) is 0 Å². The largest absolute Gasteiger partial charge is 0.394 e. The van der Waals surface area contributed by atoms with Crippen molar-refractivity contribution < 1.29 is 59.5 Å². The molecule has 3 fully saturated rings. The van der Waals surface area contributed by atoms with E-state index in [4.69, 9.17) is 47.6 Å². The molecule has 3 aliphatic rings. The van der Waals surface area contributed by atoms with Gasteiger partial charge in [-0.25, -0.2) is 0 Å². The van der Waals surface area contributed by atoms with Gasteiger partial charge in [0.1, 0.15) is 42.7 Å². The summed E-state index contributed by atoms with van der Waals surface area (Å²) in [5.74, 6) is -0.867. The molecule has 0 aromatic heterocycles. The lowest BCUT2D eigenvalue weighted by molar-refractivity contribution is -0.316. The van der Waals surface area contributed by atoms with Crippen LogP contribution in [0, 0.1) is 0 Å². The lowest BCUT2D eigenvalue weighted by Gasteiger charge is -2.48. The second kappa shape index (κ2) is 17.1. The van der Waals surface area contributed by atoms with Crippen molar-refractivity contribution in [3.63, 3.8) is 0 Å². The second-order valence-electron chi connectivity index (χ2n) is 11.6. The van der Waals surface area contributed by atoms with Gasteiger partial charge < -0.3 is 94.0 Å². The quantitative estimate of drug-likeness (QED) is 0.0836. The summed E-state index contributed by atoms with van der Waals surface area (Å²) in [7, 11) is 0. The van der Waals surface area contributed by atoms with Gasteiger partial charge in [0.15, 0.2) is 12.6 Å². The minimum absolute atomic E-state index is 0.0645. The number of carbonyl (C=O) groups is 1. The first-order chi connectivity index (χ1) is 20.8. The summed E-state index contributed by atoms with van der Waals surface area (Å²) >= 11 is 0. The minimum Gasteiger partial charge on any atom is -0.394 e. The number of amides is 1. The van der Waals surface area contributed by atoms with Crippen LogP contribution in [0.15, 0.2) is 0 Å². The van der Waals surface area contributed by atoms with Gasteiger partial charge in [0, 0.05) is 25.7 Å². The summed E-state index contributed by atoms with van der Waals surface area (Å²) in [5.41, 5.74) is 29.3. The summed E-state index contributed by atoms with van der Waals surface area (Å²) in [4.78, 5) is 12.5. The molecule has 0 aromatic carbocycles. The summed E-state index contributed by atoms with van der Waals surface area (Å²) in [5, 5.41) is 77.8. The Kier molecular flexibility index (Phi) is 14.5. The number of ether oxygens (including phenoxy) is 4. The zero-order valence-corrected chi connectivity index (χ0v) is 24.5. The zero-order valence-electron chi connectivity index (χ0n) is 24.5. The molecule has 44 heavy (non-hydrogen) atoms. The molecule has 2 unspecified atom stereocenters. The Morgan fingerprint density at radius 1 is 0.886 bits per heavy atom. The number of nitrogens with one attached hydrogen (secondary N) is 2. The van der Waals surface area contributed by atoms with Gasteiger partial charge in [0.05, 0.1) is 43.0 Å². The first-order valence-corrected chi connectivity index (χ1v) is 14.8. The smallest absolute Gasteiger partial charge is 0.250 e. The van der Waals surface area contributed by atoms with Crippen LogP contribution in [0.3, 0.4) is 0 Å².